The van der Waals surface area contributed by atoms with Gasteiger partial charge in [-0.05, 0) is 43.2 Å². The Morgan fingerprint density at radius 2 is 2.00 bits per heavy atom. The monoisotopic (exact) mass is 289 g/mol. The van der Waals surface area contributed by atoms with Gasteiger partial charge in [0.15, 0.2) is 0 Å². The van der Waals surface area contributed by atoms with Crippen LogP contribution in [0, 0.1) is 13.8 Å². The number of hydrogen-bond acceptors (Lipinski definition) is 3. The smallest absolute Gasteiger partial charge is 0.255 e. The predicted octanol–water partition coefficient (Wildman–Crippen LogP) is 3.65. The van der Waals surface area contributed by atoms with E-state index in [0.717, 1.165) is 16.8 Å². The zero-order valence-electron chi connectivity index (χ0n) is 11.6. The molecule has 4 nitrogen and oxygen atoms in total. The van der Waals surface area contributed by atoms with Crippen molar-refractivity contribution in [3.63, 3.8) is 0 Å². The number of aryl methyl sites for hydroxylation is 1. The van der Waals surface area contributed by atoms with Crippen molar-refractivity contribution in [3.8, 4) is 0 Å². The van der Waals surface area contributed by atoms with E-state index in [4.69, 9.17) is 11.6 Å². The van der Waals surface area contributed by atoms with E-state index in [2.05, 4.69) is 15.6 Å². The Bertz CT molecular complexity index is 656. The van der Waals surface area contributed by atoms with Crippen LogP contribution in [0.15, 0.2) is 30.3 Å². The lowest BCUT2D eigenvalue weighted by atomic mass is 10.1. The van der Waals surface area contributed by atoms with Gasteiger partial charge in [-0.25, -0.2) is 4.98 Å². The minimum absolute atomic E-state index is 0.209. The highest BCUT2D eigenvalue weighted by molar-refractivity contribution is 6.30. The number of benzene rings is 1. The minimum atomic E-state index is -0.209. The molecule has 1 heterocycles. The number of amides is 1. The number of carbonyl (C=O) groups excluding carboxylic acids is 1. The van der Waals surface area contributed by atoms with E-state index in [-0.39, 0.29) is 11.1 Å². The van der Waals surface area contributed by atoms with Crippen molar-refractivity contribution in [1.82, 2.24) is 4.98 Å². The van der Waals surface area contributed by atoms with Crippen LogP contribution in [0.2, 0.25) is 5.15 Å². The molecule has 0 spiro atoms. The number of hydrogen-bond donors (Lipinski definition) is 2. The maximum absolute atomic E-state index is 12.3. The van der Waals surface area contributed by atoms with Gasteiger partial charge in [0.05, 0.1) is 0 Å². The number of carbonyl (C=O) groups is 1. The molecule has 0 saturated carbocycles. The van der Waals surface area contributed by atoms with Crippen molar-refractivity contribution in [3.05, 3.63) is 52.2 Å². The third kappa shape index (κ3) is 3.08. The summed E-state index contributed by atoms with van der Waals surface area (Å²) in [5, 5.41) is 6.05. The average Bonchev–Trinajstić information content (AvgIpc) is 2.43. The molecule has 0 radical (unpaired) electrons. The van der Waals surface area contributed by atoms with Crippen molar-refractivity contribution in [2.45, 2.75) is 13.8 Å². The van der Waals surface area contributed by atoms with E-state index < -0.39 is 0 Å². The van der Waals surface area contributed by atoms with Crippen molar-refractivity contribution >= 4 is 29.0 Å². The fourth-order valence-electron chi connectivity index (χ4n) is 1.84. The molecule has 0 saturated heterocycles. The Morgan fingerprint density at radius 1 is 1.25 bits per heavy atom. The highest BCUT2D eigenvalue weighted by Gasteiger charge is 2.11. The van der Waals surface area contributed by atoms with Crippen LogP contribution in [0.3, 0.4) is 0 Å². The van der Waals surface area contributed by atoms with Gasteiger partial charge in [-0.2, -0.15) is 0 Å². The molecule has 0 aliphatic rings. The van der Waals surface area contributed by atoms with Gasteiger partial charge in [-0.3, -0.25) is 4.79 Å². The average molecular weight is 290 g/mol. The molecule has 104 valence electrons. The molecule has 5 heteroatoms. The van der Waals surface area contributed by atoms with Gasteiger partial charge in [0.1, 0.15) is 11.0 Å². The fraction of sp³-hybridized carbons (Fsp3) is 0.200. The molecular formula is C15H16ClN3O. The Hall–Kier alpha value is -2.07. The lowest BCUT2D eigenvalue weighted by molar-refractivity contribution is 0.102. The first-order chi connectivity index (χ1) is 9.51. The molecule has 1 aromatic heterocycles. The van der Waals surface area contributed by atoms with Gasteiger partial charge < -0.3 is 10.6 Å². The molecule has 1 amide bonds. The van der Waals surface area contributed by atoms with Gasteiger partial charge in [0.2, 0.25) is 0 Å². The number of rotatable bonds is 3. The topological polar surface area (TPSA) is 54.0 Å². The Labute approximate surface area is 123 Å². The summed E-state index contributed by atoms with van der Waals surface area (Å²) in [6.45, 7) is 3.98. The van der Waals surface area contributed by atoms with E-state index >= 15 is 0 Å². The quantitative estimate of drug-likeness (QED) is 0.848. The summed E-state index contributed by atoms with van der Waals surface area (Å²) >= 11 is 5.90. The molecule has 2 N–H and O–H groups in total. The van der Waals surface area contributed by atoms with E-state index in [0.29, 0.717) is 11.4 Å². The van der Waals surface area contributed by atoms with Gasteiger partial charge in [-0.15, -0.1) is 0 Å². The maximum atomic E-state index is 12.3. The van der Waals surface area contributed by atoms with Crippen LogP contribution in [0.5, 0.6) is 0 Å². The Kier molecular flexibility index (Phi) is 4.25. The number of aromatic nitrogens is 1. The van der Waals surface area contributed by atoms with Crippen LogP contribution >= 0.6 is 11.6 Å². The third-order valence-corrected chi connectivity index (χ3v) is 3.36. The number of anilines is 2. The van der Waals surface area contributed by atoms with E-state index in [1.54, 1.807) is 19.2 Å². The molecule has 2 aromatic rings. The molecule has 1 aromatic carbocycles. The second-order valence-corrected chi connectivity index (χ2v) is 4.90. The molecule has 0 bridgehead atoms. The van der Waals surface area contributed by atoms with Crippen LogP contribution < -0.4 is 10.6 Å². The predicted molar refractivity (Wildman–Crippen MR) is 82.7 cm³/mol. The van der Waals surface area contributed by atoms with Crippen molar-refractivity contribution in [1.29, 1.82) is 0 Å². The summed E-state index contributed by atoms with van der Waals surface area (Å²) in [7, 11) is 1.73. The van der Waals surface area contributed by atoms with Crippen LogP contribution in [-0.4, -0.2) is 17.9 Å². The molecule has 0 fully saturated rings. The van der Waals surface area contributed by atoms with E-state index in [1.165, 1.54) is 0 Å². The van der Waals surface area contributed by atoms with Crippen molar-refractivity contribution < 1.29 is 4.79 Å². The number of nitrogens with one attached hydrogen (secondary N) is 2. The van der Waals surface area contributed by atoms with Crippen LogP contribution in [0.1, 0.15) is 21.5 Å². The molecular weight excluding hydrogens is 274 g/mol. The summed E-state index contributed by atoms with van der Waals surface area (Å²) in [6.07, 6.45) is 0. The molecule has 0 aliphatic heterocycles. The Morgan fingerprint density at radius 3 is 2.70 bits per heavy atom. The summed E-state index contributed by atoms with van der Waals surface area (Å²) in [4.78, 5) is 16.3. The summed E-state index contributed by atoms with van der Waals surface area (Å²) < 4.78 is 0. The summed E-state index contributed by atoms with van der Waals surface area (Å²) in [5.41, 5.74) is 3.45. The van der Waals surface area contributed by atoms with Gasteiger partial charge in [-0.1, -0.05) is 23.7 Å². The third-order valence-electron chi connectivity index (χ3n) is 3.17. The lowest BCUT2D eigenvalue weighted by Crippen LogP contribution is -2.13. The standard InChI is InChI=1S/C15H16ClN3O/c1-9-5-4-6-12(10(9)2)18-15(20)11-7-13(16)19-14(8-11)17-3/h4-8H,1-3H3,(H,17,19)(H,18,20). The zero-order valence-corrected chi connectivity index (χ0v) is 12.4. The second-order valence-electron chi connectivity index (χ2n) is 4.52. The van der Waals surface area contributed by atoms with Crippen molar-refractivity contribution in [2.75, 3.05) is 17.7 Å². The highest BCUT2D eigenvalue weighted by atomic mass is 35.5. The normalized spacial score (nSPS) is 10.2. The second kappa shape index (κ2) is 5.92. The number of halogens is 1. The lowest BCUT2D eigenvalue weighted by Gasteiger charge is -2.11. The van der Waals surface area contributed by atoms with E-state index in [9.17, 15) is 4.79 Å². The molecule has 2 rings (SSSR count). The van der Waals surface area contributed by atoms with Gasteiger partial charge in [0.25, 0.3) is 5.91 Å². The van der Waals surface area contributed by atoms with Gasteiger partial charge in [0, 0.05) is 18.3 Å². The maximum Gasteiger partial charge on any atom is 0.255 e. The van der Waals surface area contributed by atoms with Crippen molar-refractivity contribution in [2.24, 2.45) is 0 Å². The first kappa shape index (κ1) is 14.3. The molecule has 0 atom stereocenters. The molecule has 20 heavy (non-hydrogen) atoms. The van der Waals surface area contributed by atoms with Crippen LogP contribution in [0.25, 0.3) is 0 Å². The van der Waals surface area contributed by atoms with Crippen LogP contribution in [0.4, 0.5) is 11.5 Å². The zero-order chi connectivity index (χ0) is 14.7. The Balaban J connectivity index is 2.28. The molecule has 0 aliphatic carbocycles. The van der Waals surface area contributed by atoms with E-state index in [1.807, 2.05) is 32.0 Å². The minimum Gasteiger partial charge on any atom is -0.373 e. The molecule has 0 unspecified atom stereocenters. The van der Waals surface area contributed by atoms with Gasteiger partial charge >= 0.3 is 0 Å². The largest absolute Gasteiger partial charge is 0.373 e. The SMILES string of the molecule is CNc1cc(C(=O)Nc2cccc(C)c2C)cc(Cl)n1. The first-order valence-electron chi connectivity index (χ1n) is 6.24. The first-order valence-corrected chi connectivity index (χ1v) is 6.62. The number of nitrogens with zero attached hydrogens (tertiary/aromatic N) is 1. The summed E-state index contributed by atoms with van der Waals surface area (Å²) in [5.74, 6) is 0.350. The highest BCUT2D eigenvalue weighted by Crippen LogP contribution is 2.20. The summed E-state index contributed by atoms with van der Waals surface area (Å²) in [6, 6.07) is 9.00. The van der Waals surface area contributed by atoms with Crippen LogP contribution in [-0.2, 0) is 0 Å². The number of pyridine rings is 1. The fourth-order valence-corrected chi connectivity index (χ4v) is 2.05.